The molecule has 1 N–H and O–H groups in total. The lowest BCUT2D eigenvalue weighted by atomic mass is 10.1. The fourth-order valence-electron chi connectivity index (χ4n) is 2.33. The van der Waals surface area contributed by atoms with Crippen molar-refractivity contribution in [2.45, 2.75) is 32.8 Å². The lowest BCUT2D eigenvalue weighted by Gasteiger charge is -2.14. The van der Waals surface area contributed by atoms with Gasteiger partial charge in [-0.15, -0.1) is 0 Å². The molecule has 18 heavy (non-hydrogen) atoms. The van der Waals surface area contributed by atoms with Crippen LogP contribution in [0.25, 0.3) is 0 Å². The first-order chi connectivity index (χ1) is 8.47. The summed E-state index contributed by atoms with van der Waals surface area (Å²) in [7, 11) is 1.80. The number of aliphatic hydroxyl groups excluding tert-OH is 1. The number of rotatable bonds is 3. The van der Waals surface area contributed by atoms with Gasteiger partial charge in [0.1, 0.15) is 5.69 Å². The van der Waals surface area contributed by atoms with Crippen LogP contribution in [-0.2, 0) is 13.5 Å². The summed E-state index contributed by atoms with van der Waals surface area (Å²) in [4.78, 5) is 14.0. The van der Waals surface area contributed by atoms with Gasteiger partial charge in [-0.25, -0.2) is 0 Å². The van der Waals surface area contributed by atoms with Gasteiger partial charge >= 0.3 is 0 Å². The molecule has 1 aromatic rings. The Bertz CT molecular complexity index is 439. The SMILES string of the molecule is CC(C)Cc1cc(C(=O)N2CC[C@H](O)C2)n(C)n1. The summed E-state index contributed by atoms with van der Waals surface area (Å²) < 4.78 is 1.64. The molecule has 5 nitrogen and oxygen atoms in total. The summed E-state index contributed by atoms with van der Waals surface area (Å²) in [6.07, 6.45) is 1.17. The molecule has 1 amide bonds. The highest BCUT2D eigenvalue weighted by molar-refractivity contribution is 5.92. The quantitative estimate of drug-likeness (QED) is 0.865. The van der Waals surface area contributed by atoms with Crippen LogP contribution >= 0.6 is 0 Å². The Kier molecular flexibility index (Phi) is 3.71. The van der Waals surface area contributed by atoms with E-state index < -0.39 is 0 Å². The minimum atomic E-state index is -0.377. The van der Waals surface area contributed by atoms with E-state index in [1.807, 2.05) is 6.07 Å². The second-order valence-corrected chi connectivity index (χ2v) is 5.44. The molecule has 0 saturated carbocycles. The van der Waals surface area contributed by atoms with E-state index in [0.717, 1.165) is 12.1 Å². The first-order valence-corrected chi connectivity index (χ1v) is 6.47. The van der Waals surface area contributed by atoms with Crippen molar-refractivity contribution in [2.75, 3.05) is 13.1 Å². The van der Waals surface area contributed by atoms with Crippen LogP contribution in [0.4, 0.5) is 0 Å². The molecular weight excluding hydrogens is 230 g/mol. The molecule has 0 aromatic carbocycles. The molecule has 2 heterocycles. The van der Waals surface area contributed by atoms with E-state index in [1.54, 1.807) is 16.6 Å². The molecule has 1 saturated heterocycles. The molecule has 1 aliphatic heterocycles. The van der Waals surface area contributed by atoms with Gasteiger partial charge in [-0.2, -0.15) is 5.10 Å². The zero-order valence-electron chi connectivity index (χ0n) is 11.3. The van der Waals surface area contributed by atoms with Crippen LogP contribution in [0.5, 0.6) is 0 Å². The number of β-amino-alcohol motifs (C(OH)–C–C–N with tert-alkyl or cyclic N) is 1. The lowest BCUT2D eigenvalue weighted by Crippen LogP contribution is -2.31. The van der Waals surface area contributed by atoms with E-state index in [2.05, 4.69) is 18.9 Å². The Hall–Kier alpha value is -1.36. The number of hydrogen-bond acceptors (Lipinski definition) is 3. The highest BCUT2D eigenvalue weighted by Crippen LogP contribution is 2.15. The van der Waals surface area contributed by atoms with Crippen LogP contribution in [0.2, 0.25) is 0 Å². The fraction of sp³-hybridized carbons (Fsp3) is 0.692. The first kappa shape index (κ1) is 13.1. The zero-order chi connectivity index (χ0) is 13.3. The van der Waals surface area contributed by atoms with E-state index >= 15 is 0 Å². The van der Waals surface area contributed by atoms with Gasteiger partial charge in [0.15, 0.2) is 0 Å². The normalized spacial score (nSPS) is 19.8. The Morgan fingerprint density at radius 2 is 2.33 bits per heavy atom. The van der Waals surface area contributed by atoms with E-state index in [-0.39, 0.29) is 12.0 Å². The Balaban J connectivity index is 2.12. The Morgan fingerprint density at radius 1 is 1.61 bits per heavy atom. The zero-order valence-corrected chi connectivity index (χ0v) is 11.3. The number of aromatic nitrogens is 2. The van der Waals surface area contributed by atoms with Crippen molar-refractivity contribution in [1.82, 2.24) is 14.7 Å². The molecule has 0 aliphatic carbocycles. The number of amides is 1. The first-order valence-electron chi connectivity index (χ1n) is 6.47. The number of hydrogen-bond donors (Lipinski definition) is 1. The summed E-state index contributed by atoms with van der Waals surface area (Å²) in [5.41, 5.74) is 1.57. The van der Waals surface area contributed by atoms with Crippen LogP contribution < -0.4 is 0 Å². The van der Waals surface area contributed by atoms with E-state index in [0.29, 0.717) is 31.1 Å². The van der Waals surface area contributed by atoms with Gasteiger partial charge in [0.05, 0.1) is 11.8 Å². The van der Waals surface area contributed by atoms with Gasteiger partial charge in [-0.05, 0) is 24.8 Å². The maximum atomic E-state index is 12.3. The molecule has 0 unspecified atom stereocenters. The number of aryl methyl sites for hydroxylation is 1. The summed E-state index contributed by atoms with van der Waals surface area (Å²) in [6.45, 7) is 5.33. The van der Waals surface area contributed by atoms with Crippen LogP contribution in [0.15, 0.2) is 6.07 Å². The van der Waals surface area contributed by atoms with Crippen LogP contribution in [0, 0.1) is 5.92 Å². The van der Waals surface area contributed by atoms with Crippen molar-refractivity contribution in [2.24, 2.45) is 13.0 Å². The van der Waals surface area contributed by atoms with Crippen molar-refractivity contribution in [3.63, 3.8) is 0 Å². The summed E-state index contributed by atoms with van der Waals surface area (Å²) >= 11 is 0. The molecule has 5 heteroatoms. The average molecular weight is 251 g/mol. The molecule has 100 valence electrons. The molecule has 0 spiro atoms. The number of aliphatic hydroxyl groups is 1. The number of carbonyl (C=O) groups excluding carboxylic acids is 1. The second-order valence-electron chi connectivity index (χ2n) is 5.44. The number of carbonyl (C=O) groups is 1. The molecule has 0 radical (unpaired) electrons. The van der Waals surface area contributed by atoms with E-state index in [9.17, 15) is 9.90 Å². The Morgan fingerprint density at radius 3 is 2.89 bits per heavy atom. The molecule has 1 atom stereocenters. The summed E-state index contributed by atoms with van der Waals surface area (Å²) in [6, 6.07) is 1.87. The standard InChI is InChI=1S/C13H21N3O2/c1-9(2)6-10-7-12(15(3)14-10)13(18)16-5-4-11(17)8-16/h7,9,11,17H,4-6,8H2,1-3H3/t11-/m0/s1. The average Bonchev–Trinajstić information content (AvgIpc) is 2.83. The minimum absolute atomic E-state index is 0.0310. The van der Waals surface area contributed by atoms with Gasteiger partial charge < -0.3 is 10.0 Å². The third kappa shape index (κ3) is 2.72. The van der Waals surface area contributed by atoms with E-state index in [1.165, 1.54) is 0 Å². The Labute approximate surface area is 107 Å². The number of nitrogens with zero attached hydrogens (tertiary/aromatic N) is 3. The third-order valence-corrected chi connectivity index (χ3v) is 3.22. The van der Waals surface area contributed by atoms with Crippen molar-refractivity contribution in [3.8, 4) is 0 Å². The monoisotopic (exact) mass is 251 g/mol. The van der Waals surface area contributed by atoms with Crippen molar-refractivity contribution >= 4 is 5.91 Å². The maximum Gasteiger partial charge on any atom is 0.272 e. The highest BCUT2D eigenvalue weighted by Gasteiger charge is 2.27. The predicted molar refractivity (Wildman–Crippen MR) is 68.3 cm³/mol. The van der Waals surface area contributed by atoms with Gasteiger partial charge in [-0.1, -0.05) is 13.8 Å². The van der Waals surface area contributed by atoms with Gasteiger partial charge in [0.25, 0.3) is 5.91 Å². The van der Waals surface area contributed by atoms with Crippen LogP contribution in [0.1, 0.15) is 36.5 Å². The molecule has 1 fully saturated rings. The van der Waals surface area contributed by atoms with Gasteiger partial charge in [0.2, 0.25) is 0 Å². The van der Waals surface area contributed by atoms with Crippen LogP contribution in [0.3, 0.4) is 0 Å². The molecule has 1 aromatic heterocycles. The third-order valence-electron chi connectivity index (χ3n) is 3.22. The number of likely N-dealkylation sites (tertiary alicyclic amines) is 1. The maximum absolute atomic E-state index is 12.3. The predicted octanol–water partition coefficient (Wildman–Crippen LogP) is 0.825. The highest BCUT2D eigenvalue weighted by atomic mass is 16.3. The largest absolute Gasteiger partial charge is 0.391 e. The molecule has 2 rings (SSSR count). The van der Waals surface area contributed by atoms with Gasteiger partial charge in [-0.3, -0.25) is 9.48 Å². The van der Waals surface area contributed by atoms with Crippen molar-refractivity contribution in [1.29, 1.82) is 0 Å². The summed E-state index contributed by atoms with van der Waals surface area (Å²) in [5, 5.41) is 13.8. The topological polar surface area (TPSA) is 58.4 Å². The smallest absolute Gasteiger partial charge is 0.272 e. The minimum Gasteiger partial charge on any atom is -0.391 e. The molecular formula is C13H21N3O2. The van der Waals surface area contributed by atoms with Crippen molar-refractivity contribution < 1.29 is 9.90 Å². The summed E-state index contributed by atoms with van der Waals surface area (Å²) in [5.74, 6) is 0.494. The molecule has 0 bridgehead atoms. The van der Waals surface area contributed by atoms with Crippen molar-refractivity contribution in [3.05, 3.63) is 17.5 Å². The molecule has 1 aliphatic rings. The fourth-order valence-corrected chi connectivity index (χ4v) is 2.33. The van der Waals surface area contributed by atoms with Gasteiger partial charge in [0, 0.05) is 20.1 Å². The van der Waals surface area contributed by atoms with Crippen LogP contribution in [-0.4, -0.2) is 44.9 Å². The second kappa shape index (κ2) is 5.10. The van der Waals surface area contributed by atoms with E-state index in [4.69, 9.17) is 0 Å². The lowest BCUT2D eigenvalue weighted by molar-refractivity contribution is 0.0754.